The third-order valence-corrected chi connectivity index (χ3v) is 5.50. The van der Waals surface area contributed by atoms with E-state index in [1.54, 1.807) is 20.8 Å². The summed E-state index contributed by atoms with van der Waals surface area (Å²) < 4.78 is 0. The highest BCUT2D eigenvalue weighted by molar-refractivity contribution is 7.98. The van der Waals surface area contributed by atoms with Gasteiger partial charge in [0.15, 0.2) is 0 Å². The largest absolute Gasteiger partial charge is 0.480 e. The van der Waals surface area contributed by atoms with E-state index >= 15 is 0 Å². The molecule has 0 aliphatic carbocycles. The normalized spacial score (nSPS) is 16.1. The number of carboxylic acids is 1. The van der Waals surface area contributed by atoms with E-state index in [1.807, 2.05) is 13.2 Å². The number of carboxylic acid groups (broad SMARTS) is 1. The second-order valence-electron chi connectivity index (χ2n) is 7.57. The molecule has 0 aliphatic rings. The quantitative estimate of drug-likeness (QED) is 0.202. The SMILES string of the molecule is CCC(C)C(NC(=O)C(CCSC)NC(=O)C(N)C(C)C)C(=O)NC(CO)C(=O)O. The number of aliphatic hydroxyl groups excluding tert-OH is 1. The molecule has 0 fully saturated rings. The fraction of sp³-hybridized carbons (Fsp3) is 0.789. The molecule has 0 heterocycles. The zero-order valence-corrected chi connectivity index (χ0v) is 19.1. The molecule has 0 saturated heterocycles. The molecule has 0 bridgehead atoms. The fourth-order valence-electron chi connectivity index (χ4n) is 2.48. The van der Waals surface area contributed by atoms with Gasteiger partial charge in [-0.2, -0.15) is 11.8 Å². The van der Waals surface area contributed by atoms with E-state index < -0.39 is 54.5 Å². The van der Waals surface area contributed by atoms with Gasteiger partial charge >= 0.3 is 5.97 Å². The maximum absolute atomic E-state index is 12.9. The smallest absolute Gasteiger partial charge is 0.328 e. The van der Waals surface area contributed by atoms with Crippen LogP contribution in [0.3, 0.4) is 0 Å². The van der Waals surface area contributed by atoms with E-state index in [1.165, 1.54) is 11.8 Å². The lowest BCUT2D eigenvalue weighted by atomic mass is 9.97. The van der Waals surface area contributed by atoms with Crippen molar-refractivity contribution in [3.8, 4) is 0 Å². The summed E-state index contributed by atoms with van der Waals surface area (Å²) in [5.74, 6) is -2.93. The number of aliphatic hydroxyl groups is 1. The summed E-state index contributed by atoms with van der Waals surface area (Å²) in [4.78, 5) is 48.9. The van der Waals surface area contributed by atoms with E-state index in [9.17, 15) is 19.2 Å². The Morgan fingerprint density at radius 3 is 1.97 bits per heavy atom. The van der Waals surface area contributed by atoms with Crippen LogP contribution in [0.1, 0.15) is 40.5 Å². The molecule has 11 heteroatoms. The third kappa shape index (κ3) is 9.31. The molecule has 10 nitrogen and oxygen atoms in total. The van der Waals surface area contributed by atoms with Crippen LogP contribution in [0.25, 0.3) is 0 Å². The number of rotatable bonds is 14. The first-order chi connectivity index (χ1) is 14.0. The van der Waals surface area contributed by atoms with E-state index in [0.717, 1.165) is 0 Å². The van der Waals surface area contributed by atoms with Crippen LogP contribution in [0.2, 0.25) is 0 Å². The first kappa shape index (κ1) is 28.1. The van der Waals surface area contributed by atoms with Crippen LogP contribution in [-0.2, 0) is 19.2 Å². The third-order valence-electron chi connectivity index (χ3n) is 4.85. The zero-order chi connectivity index (χ0) is 23.4. The molecule has 0 aromatic carbocycles. The highest BCUT2D eigenvalue weighted by atomic mass is 32.2. The van der Waals surface area contributed by atoms with Gasteiger partial charge in [0, 0.05) is 0 Å². The fourth-order valence-corrected chi connectivity index (χ4v) is 2.95. The Hall–Kier alpha value is -1.85. The minimum Gasteiger partial charge on any atom is -0.480 e. The lowest BCUT2D eigenvalue weighted by Crippen LogP contribution is -2.59. The maximum Gasteiger partial charge on any atom is 0.328 e. The highest BCUT2D eigenvalue weighted by Crippen LogP contribution is 2.10. The Labute approximate surface area is 182 Å². The molecule has 0 radical (unpaired) electrons. The number of carbonyl (C=O) groups excluding carboxylic acids is 3. The topological polar surface area (TPSA) is 171 Å². The lowest BCUT2D eigenvalue weighted by molar-refractivity contribution is -0.143. The maximum atomic E-state index is 12.9. The predicted octanol–water partition coefficient (Wildman–Crippen LogP) is -0.700. The van der Waals surface area contributed by atoms with Gasteiger partial charge in [0.2, 0.25) is 17.7 Å². The van der Waals surface area contributed by atoms with E-state index in [4.69, 9.17) is 15.9 Å². The molecule has 5 atom stereocenters. The minimum atomic E-state index is -1.48. The van der Waals surface area contributed by atoms with Gasteiger partial charge in [-0.25, -0.2) is 4.79 Å². The number of amides is 3. The summed E-state index contributed by atoms with van der Waals surface area (Å²) in [5.41, 5.74) is 5.86. The lowest BCUT2D eigenvalue weighted by Gasteiger charge is -2.28. The minimum absolute atomic E-state index is 0.112. The Morgan fingerprint density at radius 2 is 1.53 bits per heavy atom. The predicted molar refractivity (Wildman–Crippen MR) is 116 cm³/mol. The van der Waals surface area contributed by atoms with Gasteiger partial charge in [-0.15, -0.1) is 0 Å². The monoisotopic (exact) mass is 448 g/mol. The number of hydrogen-bond donors (Lipinski definition) is 6. The van der Waals surface area contributed by atoms with E-state index in [2.05, 4.69) is 16.0 Å². The number of carbonyl (C=O) groups is 4. The molecule has 0 aromatic heterocycles. The Balaban J connectivity index is 5.43. The van der Waals surface area contributed by atoms with Crippen molar-refractivity contribution < 1.29 is 29.4 Å². The first-order valence-electron chi connectivity index (χ1n) is 9.99. The van der Waals surface area contributed by atoms with Crippen LogP contribution in [0.15, 0.2) is 0 Å². The summed E-state index contributed by atoms with van der Waals surface area (Å²) in [6, 6.07) is -4.16. The molecule has 0 aliphatic heterocycles. The summed E-state index contributed by atoms with van der Waals surface area (Å²) >= 11 is 1.50. The van der Waals surface area contributed by atoms with Crippen molar-refractivity contribution in [3.63, 3.8) is 0 Å². The average Bonchev–Trinajstić information content (AvgIpc) is 2.70. The van der Waals surface area contributed by atoms with Crippen LogP contribution in [0.5, 0.6) is 0 Å². The van der Waals surface area contributed by atoms with Crippen LogP contribution < -0.4 is 21.7 Å². The second kappa shape index (κ2) is 14.2. The van der Waals surface area contributed by atoms with Crippen molar-refractivity contribution in [2.45, 2.75) is 64.7 Å². The molecule has 7 N–H and O–H groups in total. The van der Waals surface area contributed by atoms with Gasteiger partial charge in [0.1, 0.15) is 18.1 Å². The molecule has 0 spiro atoms. The van der Waals surface area contributed by atoms with Crippen molar-refractivity contribution >= 4 is 35.5 Å². The molecule has 174 valence electrons. The van der Waals surface area contributed by atoms with Crippen LogP contribution >= 0.6 is 11.8 Å². The van der Waals surface area contributed by atoms with Gasteiger partial charge in [-0.05, 0) is 30.3 Å². The molecule has 5 unspecified atom stereocenters. The molecule has 3 amide bonds. The number of nitrogens with one attached hydrogen (secondary N) is 3. The zero-order valence-electron chi connectivity index (χ0n) is 18.3. The van der Waals surface area contributed by atoms with Gasteiger partial charge in [0.25, 0.3) is 0 Å². The van der Waals surface area contributed by atoms with Gasteiger partial charge in [-0.3, -0.25) is 14.4 Å². The van der Waals surface area contributed by atoms with Crippen LogP contribution in [0, 0.1) is 11.8 Å². The number of aliphatic carboxylic acids is 1. The Morgan fingerprint density at radius 1 is 0.967 bits per heavy atom. The second-order valence-corrected chi connectivity index (χ2v) is 8.55. The van der Waals surface area contributed by atoms with Crippen molar-refractivity contribution in [2.75, 3.05) is 18.6 Å². The molecular formula is C19H36N4O6S. The summed E-state index contributed by atoms with van der Waals surface area (Å²) in [6.45, 7) is 6.38. The Kier molecular flexibility index (Phi) is 13.3. The van der Waals surface area contributed by atoms with Crippen molar-refractivity contribution in [1.29, 1.82) is 0 Å². The summed E-state index contributed by atoms with van der Waals surface area (Å²) in [7, 11) is 0. The molecular weight excluding hydrogens is 412 g/mol. The van der Waals surface area contributed by atoms with E-state index in [0.29, 0.717) is 18.6 Å². The summed E-state index contributed by atoms with van der Waals surface area (Å²) in [6.07, 6.45) is 2.75. The number of nitrogens with two attached hydrogens (primary N) is 1. The molecule has 0 saturated carbocycles. The summed E-state index contributed by atoms with van der Waals surface area (Å²) in [5, 5.41) is 25.7. The van der Waals surface area contributed by atoms with Crippen molar-refractivity contribution in [2.24, 2.45) is 17.6 Å². The molecule has 30 heavy (non-hydrogen) atoms. The molecule has 0 rings (SSSR count). The number of thioether (sulfide) groups is 1. The van der Waals surface area contributed by atoms with Crippen molar-refractivity contribution in [3.05, 3.63) is 0 Å². The van der Waals surface area contributed by atoms with Gasteiger partial charge < -0.3 is 31.9 Å². The Bertz CT molecular complexity index is 589. The highest BCUT2D eigenvalue weighted by Gasteiger charge is 2.32. The first-order valence-corrected chi connectivity index (χ1v) is 11.4. The van der Waals surface area contributed by atoms with Crippen LogP contribution in [0.4, 0.5) is 0 Å². The van der Waals surface area contributed by atoms with Crippen LogP contribution in [-0.4, -0.2) is 76.7 Å². The van der Waals surface area contributed by atoms with Crippen molar-refractivity contribution in [1.82, 2.24) is 16.0 Å². The van der Waals surface area contributed by atoms with E-state index in [-0.39, 0.29) is 11.8 Å². The standard InChI is InChI=1S/C19H36N4O6S/c1-6-11(4)15(18(27)22-13(9-24)19(28)29)23-16(25)12(7-8-30-5)21-17(26)14(20)10(2)3/h10-15,24H,6-9,20H2,1-5H3,(H,21,26)(H,22,27)(H,23,25)(H,28,29). The van der Waals surface area contributed by atoms with Gasteiger partial charge in [0.05, 0.1) is 12.6 Å². The van der Waals surface area contributed by atoms with Gasteiger partial charge in [-0.1, -0.05) is 34.1 Å². The number of hydrogen-bond acceptors (Lipinski definition) is 7. The molecule has 0 aromatic rings. The average molecular weight is 449 g/mol.